The summed E-state index contributed by atoms with van der Waals surface area (Å²) >= 11 is 11.5. The highest BCUT2D eigenvalue weighted by Crippen LogP contribution is 2.19. The summed E-state index contributed by atoms with van der Waals surface area (Å²) in [5.74, 6) is 0.894. The number of halogens is 2. The fourth-order valence-corrected chi connectivity index (χ4v) is 1.60. The molecule has 0 saturated carbocycles. The molecule has 0 aromatic carbocycles. The summed E-state index contributed by atoms with van der Waals surface area (Å²) in [6, 6.07) is 0. The Morgan fingerprint density at radius 3 is 2.75 bits per heavy atom. The number of aliphatic hydroxyl groups is 1. The SMILES string of the molecule is CC(C)CC(O)CNc1nc(Cl)ncc1Cl. The van der Waals surface area contributed by atoms with Crippen molar-refractivity contribution in [2.24, 2.45) is 5.92 Å². The van der Waals surface area contributed by atoms with Crippen LogP contribution < -0.4 is 5.32 Å². The highest BCUT2D eigenvalue weighted by molar-refractivity contribution is 6.33. The van der Waals surface area contributed by atoms with Crippen LogP contribution in [0.1, 0.15) is 20.3 Å². The van der Waals surface area contributed by atoms with Crippen LogP contribution in [0.15, 0.2) is 6.20 Å². The third-order valence-corrected chi connectivity index (χ3v) is 2.42. The topological polar surface area (TPSA) is 58.0 Å². The Morgan fingerprint density at radius 2 is 2.12 bits per heavy atom. The quantitative estimate of drug-likeness (QED) is 0.802. The molecule has 90 valence electrons. The first-order valence-electron chi connectivity index (χ1n) is 5.09. The van der Waals surface area contributed by atoms with Gasteiger partial charge in [-0.1, -0.05) is 25.4 Å². The summed E-state index contributed by atoms with van der Waals surface area (Å²) in [4.78, 5) is 7.66. The van der Waals surface area contributed by atoms with Gasteiger partial charge in [0.05, 0.1) is 12.3 Å². The standard InChI is InChI=1S/C10H15Cl2N3O/c1-6(2)3-7(16)4-13-9-8(11)5-14-10(12)15-9/h5-7,16H,3-4H2,1-2H3,(H,13,14,15). The van der Waals surface area contributed by atoms with Crippen LogP contribution in [-0.4, -0.2) is 27.7 Å². The maximum absolute atomic E-state index is 9.66. The number of hydrogen-bond donors (Lipinski definition) is 2. The summed E-state index contributed by atoms with van der Waals surface area (Å²) in [6.45, 7) is 4.50. The van der Waals surface area contributed by atoms with Crippen molar-refractivity contribution >= 4 is 29.0 Å². The maximum atomic E-state index is 9.66. The molecule has 0 fully saturated rings. The predicted molar refractivity (Wildman–Crippen MR) is 66.0 cm³/mol. The number of nitrogens with one attached hydrogen (secondary N) is 1. The fraction of sp³-hybridized carbons (Fsp3) is 0.600. The van der Waals surface area contributed by atoms with Gasteiger partial charge in [0, 0.05) is 6.54 Å². The molecule has 0 aliphatic carbocycles. The van der Waals surface area contributed by atoms with Crippen LogP contribution in [0.5, 0.6) is 0 Å². The number of aliphatic hydroxyl groups excluding tert-OH is 1. The molecule has 4 nitrogen and oxygen atoms in total. The number of rotatable bonds is 5. The van der Waals surface area contributed by atoms with Crippen LogP contribution in [0.25, 0.3) is 0 Å². The molecule has 0 saturated heterocycles. The zero-order valence-corrected chi connectivity index (χ0v) is 10.8. The van der Waals surface area contributed by atoms with Crippen LogP contribution in [0, 0.1) is 5.92 Å². The van der Waals surface area contributed by atoms with Crippen molar-refractivity contribution in [2.75, 3.05) is 11.9 Å². The molecular formula is C10H15Cl2N3O. The zero-order chi connectivity index (χ0) is 12.1. The molecule has 0 aliphatic heterocycles. The van der Waals surface area contributed by atoms with Crippen LogP contribution in [0.4, 0.5) is 5.82 Å². The lowest BCUT2D eigenvalue weighted by Gasteiger charge is -2.14. The van der Waals surface area contributed by atoms with Gasteiger partial charge in [-0.15, -0.1) is 0 Å². The molecule has 0 bridgehead atoms. The lowest BCUT2D eigenvalue weighted by molar-refractivity contribution is 0.161. The molecular weight excluding hydrogens is 249 g/mol. The smallest absolute Gasteiger partial charge is 0.224 e. The summed E-state index contributed by atoms with van der Waals surface area (Å²) in [6.07, 6.45) is 1.72. The van der Waals surface area contributed by atoms with E-state index in [0.29, 0.717) is 23.3 Å². The van der Waals surface area contributed by atoms with Crippen LogP contribution in [0.3, 0.4) is 0 Å². The molecule has 0 radical (unpaired) electrons. The van der Waals surface area contributed by atoms with E-state index >= 15 is 0 Å². The third-order valence-electron chi connectivity index (χ3n) is 1.96. The molecule has 1 rings (SSSR count). The Bertz CT molecular complexity index is 347. The van der Waals surface area contributed by atoms with E-state index in [0.717, 1.165) is 6.42 Å². The first-order valence-corrected chi connectivity index (χ1v) is 5.84. The fourth-order valence-electron chi connectivity index (χ4n) is 1.31. The minimum atomic E-state index is -0.426. The number of aromatic nitrogens is 2. The largest absolute Gasteiger partial charge is 0.391 e. The normalized spacial score (nSPS) is 12.9. The van der Waals surface area contributed by atoms with Crippen LogP contribution in [-0.2, 0) is 0 Å². The van der Waals surface area contributed by atoms with Gasteiger partial charge in [-0.3, -0.25) is 0 Å². The van der Waals surface area contributed by atoms with Crippen molar-refractivity contribution < 1.29 is 5.11 Å². The Balaban J connectivity index is 2.51. The van der Waals surface area contributed by atoms with E-state index in [-0.39, 0.29) is 5.28 Å². The van der Waals surface area contributed by atoms with Gasteiger partial charge in [0.2, 0.25) is 5.28 Å². The lowest BCUT2D eigenvalue weighted by atomic mass is 10.1. The Kier molecular flexibility index (Phi) is 5.25. The van der Waals surface area contributed by atoms with Crippen LogP contribution in [0.2, 0.25) is 10.3 Å². The molecule has 0 spiro atoms. The van der Waals surface area contributed by atoms with E-state index in [4.69, 9.17) is 23.2 Å². The Labute approximate surface area is 105 Å². The summed E-state index contributed by atoms with van der Waals surface area (Å²) in [5.41, 5.74) is 0. The molecule has 1 aromatic rings. The molecule has 1 atom stereocenters. The molecule has 6 heteroatoms. The van der Waals surface area contributed by atoms with Gasteiger partial charge in [-0.2, -0.15) is 4.98 Å². The molecule has 0 aliphatic rings. The van der Waals surface area contributed by atoms with E-state index in [2.05, 4.69) is 29.1 Å². The van der Waals surface area contributed by atoms with Gasteiger partial charge in [0.25, 0.3) is 0 Å². The minimum absolute atomic E-state index is 0.130. The van der Waals surface area contributed by atoms with Crippen molar-refractivity contribution in [1.82, 2.24) is 9.97 Å². The third kappa shape index (κ3) is 4.51. The van der Waals surface area contributed by atoms with Gasteiger partial charge >= 0.3 is 0 Å². The Hall–Kier alpha value is -0.580. The second-order valence-corrected chi connectivity index (χ2v) is 4.75. The van der Waals surface area contributed by atoms with Gasteiger partial charge in [0.15, 0.2) is 0 Å². The minimum Gasteiger partial charge on any atom is -0.391 e. The van der Waals surface area contributed by atoms with E-state index in [1.54, 1.807) is 0 Å². The average Bonchev–Trinajstić information content (AvgIpc) is 2.18. The van der Waals surface area contributed by atoms with Gasteiger partial charge < -0.3 is 10.4 Å². The van der Waals surface area contributed by atoms with E-state index < -0.39 is 6.10 Å². The average molecular weight is 264 g/mol. The monoisotopic (exact) mass is 263 g/mol. The lowest BCUT2D eigenvalue weighted by Crippen LogP contribution is -2.21. The molecule has 16 heavy (non-hydrogen) atoms. The summed E-state index contributed by atoms with van der Waals surface area (Å²) < 4.78 is 0. The highest BCUT2D eigenvalue weighted by Gasteiger charge is 2.09. The summed E-state index contributed by atoms with van der Waals surface area (Å²) in [5, 5.41) is 13.1. The van der Waals surface area contributed by atoms with Gasteiger partial charge in [0.1, 0.15) is 10.8 Å². The second kappa shape index (κ2) is 6.23. The number of nitrogens with zero attached hydrogens (tertiary/aromatic N) is 2. The number of hydrogen-bond acceptors (Lipinski definition) is 4. The van der Waals surface area contributed by atoms with Crippen LogP contribution >= 0.6 is 23.2 Å². The molecule has 1 heterocycles. The molecule has 1 unspecified atom stereocenters. The Morgan fingerprint density at radius 1 is 1.44 bits per heavy atom. The van der Waals surface area contributed by atoms with Crippen molar-refractivity contribution in [3.05, 3.63) is 16.5 Å². The first-order chi connectivity index (χ1) is 7.49. The van der Waals surface area contributed by atoms with E-state index in [1.165, 1.54) is 6.20 Å². The summed E-state index contributed by atoms with van der Waals surface area (Å²) in [7, 11) is 0. The maximum Gasteiger partial charge on any atom is 0.224 e. The van der Waals surface area contributed by atoms with Crippen molar-refractivity contribution in [3.8, 4) is 0 Å². The van der Waals surface area contributed by atoms with E-state index in [1.807, 2.05) is 0 Å². The van der Waals surface area contributed by atoms with Gasteiger partial charge in [-0.05, 0) is 23.9 Å². The molecule has 0 amide bonds. The predicted octanol–water partition coefficient (Wildman–Crippen LogP) is 2.60. The zero-order valence-electron chi connectivity index (χ0n) is 9.24. The molecule has 1 aromatic heterocycles. The second-order valence-electron chi connectivity index (χ2n) is 4.00. The van der Waals surface area contributed by atoms with Crippen molar-refractivity contribution in [2.45, 2.75) is 26.4 Å². The number of anilines is 1. The van der Waals surface area contributed by atoms with Crippen molar-refractivity contribution in [1.29, 1.82) is 0 Å². The first kappa shape index (κ1) is 13.5. The highest BCUT2D eigenvalue weighted by atomic mass is 35.5. The van der Waals surface area contributed by atoms with E-state index in [9.17, 15) is 5.11 Å². The van der Waals surface area contributed by atoms with Crippen molar-refractivity contribution in [3.63, 3.8) is 0 Å². The van der Waals surface area contributed by atoms with Gasteiger partial charge in [-0.25, -0.2) is 4.98 Å². The molecule has 2 N–H and O–H groups in total.